The highest BCUT2D eigenvalue weighted by Crippen LogP contribution is 2.26. The molecule has 0 spiro atoms. The molecule has 1 atom stereocenters. The molecule has 0 aliphatic heterocycles. The Balaban J connectivity index is 2.26. The van der Waals surface area contributed by atoms with Crippen molar-refractivity contribution in [1.82, 2.24) is 4.98 Å². The van der Waals surface area contributed by atoms with E-state index in [-0.39, 0.29) is 0 Å². The first-order valence-electron chi connectivity index (χ1n) is 6.97. The zero-order valence-electron chi connectivity index (χ0n) is 12.6. The van der Waals surface area contributed by atoms with Crippen molar-refractivity contribution in [3.8, 4) is 0 Å². The van der Waals surface area contributed by atoms with Gasteiger partial charge >= 0.3 is 0 Å². The fourth-order valence-corrected chi connectivity index (χ4v) is 2.30. The first-order valence-corrected chi connectivity index (χ1v) is 6.97. The van der Waals surface area contributed by atoms with Crippen LogP contribution in [-0.2, 0) is 0 Å². The van der Waals surface area contributed by atoms with Crippen LogP contribution < -0.4 is 4.90 Å². The molecule has 0 bridgehead atoms. The summed E-state index contributed by atoms with van der Waals surface area (Å²) in [6.45, 7) is 6.15. The second-order valence-electron chi connectivity index (χ2n) is 5.27. The van der Waals surface area contributed by atoms with Gasteiger partial charge < -0.3 is 10.0 Å². The molecule has 2 aromatic rings. The summed E-state index contributed by atoms with van der Waals surface area (Å²) in [7, 11) is 2.03. The summed E-state index contributed by atoms with van der Waals surface area (Å²) in [4.78, 5) is 6.46. The second kappa shape index (κ2) is 6.06. The minimum atomic E-state index is -0.476. The molecule has 3 nitrogen and oxygen atoms in total. The Morgan fingerprint density at radius 2 is 1.75 bits per heavy atom. The molecule has 3 heteroatoms. The lowest BCUT2D eigenvalue weighted by molar-refractivity contribution is 0.169. The summed E-state index contributed by atoms with van der Waals surface area (Å²) < 4.78 is 0. The van der Waals surface area contributed by atoms with Gasteiger partial charge in [0.05, 0.1) is 23.7 Å². The predicted molar refractivity (Wildman–Crippen MR) is 83.5 cm³/mol. The number of aliphatic hydroxyl groups excluding tert-OH is 1. The molecule has 1 N–H and O–H groups in total. The molecule has 2 rings (SSSR count). The van der Waals surface area contributed by atoms with Gasteiger partial charge in [0.1, 0.15) is 0 Å². The summed E-state index contributed by atoms with van der Waals surface area (Å²) in [6.07, 6.45) is 2.01. The summed E-state index contributed by atoms with van der Waals surface area (Å²) in [5.41, 5.74) is 5.39. The number of hydrogen-bond donors (Lipinski definition) is 1. The molecule has 1 heterocycles. The van der Waals surface area contributed by atoms with Crippen molar-refractivity contribution in [3.63, 3.8) is 0 Å². The van der Waals surface area contributed by atoms with Gasteiger partial charge in [-0.15, -0.1) is 0 Å². The third kappa shape index (κ3) is 3.17. The molecule has 0 saturated heterocycles. The van der Waals surface area contributed by atoms with Crippen LogP contribution in [0.15, 0.2) is 36.5 Å². The SMILES string of the molecule is CC[C@H](O)c1ccc(N(C)c2cc(C)cc(C)c2)cn1. The molecule has 0 saturated carbocycles. The number of benzene rings is 1. The molecular weight excluding hydrogens is 248 g/mol. The standard InChI is InChI=1S/C17H22N2O/c1-5-17(20)16-7-6-14(11-18-16)19(4)15-9-12(2)8-13(3)10-15/h6-11,17,20H,5H2,1-4H3/t17-/m0/s1. The average molecular weight is 270 g/mol. The van der Waals surface area contributed by atoms with Gasteiger partial charge in [0, 0.05) is 12.7 Å². The highest BCUT2D eigenvalue weighted by molar-refractivity contribution is 5.63. The van der Waals surface area contributed by atoms with Crippen LogP contribution in [0.25, 0.3) is 0 Å². The number of rotatable bonds is 4. The highest BCUT2D eigenvalue weighted by atomic mass is 16.3. The molecule has 0 unspecified atom stereocenters. The normalized spacial score (nSPS) is 12.2. The van der Waals surface area contributed by atoms with E-state index in [9.17, 15) is 5.11 Å². The van der Waals surface area contributed by atoms with Crippen molar-refractivity contribution in [3.05, 3.63) is 53.3 Å². The average Bonchev–Trinajstić information content (AvgIpc) is 2.45. The van der Waals surface area contributed by atoms with Crippen LogP contribution in [0.1, 0.15) is 36.3 Å². The number of hydrogen-bond acceptors (Lipinski definition) is 3. The third-order valence-electron chi connectivity index (χ3n) is 3.48. The monoisotopic (exact) mass is 270 g/mol. The minimum Gasteiger partial charge on any atom is -0.387 e. The number of anilines is 2. The Hall–Kier alpha value is -1.87. The Kier molecular flexibility index (Phi) is 4.40. The Morgan fingerprint density at radius 3 is 2.25 bits per heavy atom. The Labute approximate surface area is 120 Å². The minimum absolute atomic E-state index is 0.476. The number of aliphatic hydroxyl groups is 1. The van der Waals surface area contributed by atoms with Crippen molar-refractivity contribution < 1.29 is 5.11 Å². The van der Waals surface area contributed by atoms with Crippen LogP contribution >= 0.6 is 0 Å². The van der Waals surface area contributed by atoms with Gasteiger partial charge in [-0.25, -0.2) is 0 Å². The van der Waals surface area contributed by atoms with Crippen molar-refractivity contribution in [1.29, 1.82) is 0 Å². The molecule has 106 valence electrons. The largest absolute Gasteiger partial charge is 0.387 e. The molecule has 0 aliphatic carbocycles. The van der Waals surface area contributed by atoms with Gasteiger partial charge in [-0.05, 0) is 55.7 Å². The second-order valence-corrected chi connectivity index (χ2v) is 5.27. The quantitative estimate of drug-likeness (QED) is 0.915. The lowest BCUT2D eigenvalue weighted by Crippen LogP contribution is -2.11. The molecule has 0 radical (unpaired) electrons. The van der Waals surface area contributed by atoms with Crippen LogP contribution in [0.5, 0.6) is 0 Å². The van der Waals surface area contributed by atoms with Crippen molar-refractivity contribution in [2.75, 3.05) is 11.9 Å². The van der Waals surface area contributed by atoms with Crippen molar-refractivity contribution >= 4 is 11.4 Å². The van der Waals surface area contributed by atoms with E-state index in [1.807, 2.05) is 32.3 Å². The van der Waals surface area contributed by atoms with Crippen LogP contribution in [0.2, 0.25) is 0 Å². The number of aryl methyl sites for hydroxylation is 2. The van der Waals surface area contributed by atoms with E-state index in [1.54, 1.807) is 0 Å². The summed E-state index contributed by atoms with van der Waals surface area (Å²) in [6, 6.07) is 10.4. The first-order chi connectivity index (χ1) is 9.51. The fourth-order valence-electron chi connectivity index (χ4n) is 2.30. The Morgan fingerprint density at radius 1 is 1.10 bits per heavy atom. The van der Waals surface area contributed by atoms with Gasteiger partial charge in [-0.1, -0.05) is 13.0 Å². The van der Waals surface area contributed by atoms with E-state index in [2.05, 4.69) is 41.9 Å². The lowest BCUT2D eigenvalue weighted by atomic mass is 10.1. The highest BCUT2D eigenvalue weighted by Gasteiger charge is 2.09. The topological polar surface area (TPSA) is 36.4 Å². The molecular formula is C17H22N2O. The zero-order chi connectivity index (χ0) is 14.7. The van der Waals surface area contributed by atoms with E-state index in [0.29, 0.717) is 6.42 Å². The van der Waals surface area contributed by atoms with Gasteiger partial charge in [0.15, 0.2) is 0 Å². The first kappa shape index (κ1) is 14.5. The molecule has 0 amide bonds. The Bertz CT molecular complexity index is 558. The van der Waals surface area contributed by atoms with E-state index in [4.69, 9.17) is 0 Å². The van der Waals surface area contributed by atoms with Crippen LogP contribution in [-0.4, -0.2) is 17.1 Å². The predicted octanol–water partition coefficient (Wildman–Crippen LogP) is 3.91. The summed E-state index contributed by atoms with van der Waals surface area (Å²) in [5, 5.41) is 9.77. The summed E-state index contributed by atoms with van der Waals surface area (Å²) >= 11 is 0. The van der Waals surface area contributed by atoms with E-state index in [1.165, 1.54) is 11.1 Å². The smallest absolute Gasteiger partial charge is 0.0957 e. The van der Waals surface area contributed by atoms with Gasteiger partial charge in [-0.3, -0.25) is 4.98 Å². The third-order valence-corrected chi connectivity index (χ3v) is 3.48. The maximum atomic E-state index is 9.77. The number of pyridine rings is 1. The van der Waals surface area contributed by atoms with Gasteiger partial charge in [0.2, 0.25) is 0 Å². The maximum Gasteiger partial charge on any atom is 0.0957 e. The molecule has 0 fully saturated rings. The maximum absolute atomic E-state index is 9.77. The molecule has 1 aromatic heterocycles. The number of nitrogens with zero attached hydrogens (tertiary/aromatic N) is 2. The number of aromatic nitrogens is 1. The van der Waals surface area contributed by atoms with Crippen LogP contribution in [0.4, 0.5) is 11.4 Å². The van der Waals surface area contributed by atoms with E-state index >= 15 is 0 Å². The van der Waals surface area contributed by atoms with E-state index in [0.717, 1.165) is 17.1 Å². The molecule has 20 heavy (non-hydrogen) atoms. The van der Waals surface area contributed by atoms with Crippen molar-refractivity contribution in [2.24, 2.45) is 0 Å². The lowest BCUT2D eigenvalue weighted by Gasteiger charge is -2.21. The van der Waals surface area contributed by atoms with Gasteiger partial charge in [-0.2, -0.15) is 0 Å². The van der Waals surface area contributed by atoms with E-state index < -0.39 is 6.10 Å². The van der Waals surface area contributed by atoms with Gasteiger partial charge in [0.25, 0.3) is 0 Å². The van der Waals surface area contributed by atoms with Crippen LogP contribution in [0, 0.1) is 13.8 Å². The molecule has 0 aliphatic rings. The van der Waals surface area contributed by atoms with Crippen LogP contribution in [0.3, 0.4) is 0 Å². The zero-order valence-corrected chi connectivity index (χ0v) is 12.6. The summed E-state index contributed by atoms with van der Waals surface area (Å²) in [5.74, 6) is 0. The fraction of sp³-hybridized carbons (Fsp3) is 0.353. The van der Waals surface area contributed by atoms with Crippen molar-refractivity contribution in [2.45, 2.75) is 33.3 Å². The molecule has 1 aromatic carbocycles.